The maximum Gasteiger partial charge on any atom is 0.284 e. The van der Waals surface area contributed by atoms with Gasteiger partial charge in [0.2, 0.25) is 0 Å². The van der Waals surface area contributed by atoms with Gasteiger partial charge in [-0.15, -0.1) is 0 Å². The molecule has 1 saturated carbocycles. The third-order valence-corrected chi connectivity index (χ3v) is 8.70. The molecule has 0 spiro atoms. The number of aromatic nitrogens is 5. The highest BCUT2D eigenvalue weighted by molar-refractivity contribution is 5.57. The second-order valence-corrected chi connectivity index (χ2v) is 11.3. The van der Waals surface area contributed by atoms with E-state index in [-0.39, 0.29) is 23.9 Å². The minimum Gasteiger partial charge on any atom is -0.374 e. The maximum atomic E-state index is 13.9. The summed E-state index contributed by atoms with van der Waals surface area (Å²) in [5.74, 6) is 2.26. The number of hydrogen-bond acceptors (Lipinski definition) is 7. The molecule has 1 aliphatic carbocycles. The van der Waals surface area contributed by atoms with E-state index >= 15 is 0 Å². The van der Waals surface area contributed by atoms with Crippen molar-refractivity contribution >= 4 is 17.2 Å². The molecule has 9 nitrogen and oxygen atoms in total. The van der Waals surface area contributed by atoms with Gasteiger partial charge in [0.05, 0.1) is 42.2 Å². The minimum absolute atomic E-state index is 0.160. The molecular weight excluding hydrogens is 480 g/mol. The van der Waals surface area contributed by atoms with Gasteiger partial charge in [-0.25, -0.2) is 18.3 Å². The van der Waals surface area contributed by atoms with Crippen molar-refractivity contribution in [2.75, 3.05) is 23.4 Å². The van der Waals surface area contributed by atoms with Crippen LogP contribution in [0.3, 0.4) is 0 Å². The van der Waals surface area contributed by atoms with E-state index in [1.165, 1.54) is 0 Å². The van der Waals surface area contributed by atoms with Crippen molar-refractivity contribution in [3.05, 3.63) is 35.9 Å². The van der Waals surface area contributed by atoms with E-state index in [2.05, 4.69) is 34.3 Å². The fraction of sp³-hybridized carbons (Fsp3) is 0.654. The van der Waals surface area contributed by atoms with Crippen molar-refractivity contribution in [2.45, 2.75) is 82.9 Å². The number of fused-ring (bicyclic) bond motifs is 3. The van der Waals surface area contributed by atoms with Gasteiger partial charge < -0.3 is 19.7 Å². The van der Waals surface area contributed by atoms with Gasteiger partial charge >= 0.3 is 0 Å². The van der Waals surface area contributed by atoms with Crippen LogP contribution < -0.4 is 10.2 Å². The van der Waals surface area contributed by atoms with Gasteiger partial charge in [-0.05, 0) is 50.0 Å². The zero-order chi connectivity index (χ0) is 25.3. The first-order chi connectivity index (χ1) is 17.9. The van der Waals surface area contributed by atoms with E-state index in [4.69, 9.17) is 14.5 Å². The Bertz CT molecular complexity index is 1290. The number of ether oxygens (including phenoxy) is 2. The Balaban J connectivity index is 1.07. The smallest absolute Gasteiger partial charge is 0.284 e. The van der Waals surface area contributed by atoms with E-state index in [9.17, 15) is 8.78 Å². The van der Waals surface area contributed by atoms with Crippen molar-refractivity contribution in [2.24, 2.45) is 11.8 Å². The molecule has 4 fully saturated rings. The van der Waals surface area contributed by atoms with Gasteiger partial charge in [-0.3, -0.25) is 4.68 Å². The van der Waals surface area contributed by atoms with Gasteiger partial charge in [-0.2, -0.15) is 10.2 Å². The largest absolute Gasteiger partial charge is 0.374 e. The number of morpholine rings is 1. The Labute approximate surface area is 214 Å². The quantitative estimate of drug-likeness (QED) is 0.457. The number of epoxide rings is 1. The summed E-state index contributed by atoms with van der Waals surface area (Å²) in [6, 6.07) is 2.50. The molecule has 0 amide bonds. The average molecular weight is 514 g/mol. The Morgan fingerprint density at radius 3 is 2.68 bits per heavy atom. The van der Waals surface area contributed by atoms with Crippen molar-refractivity contribution in [1.82, 2.24) is 24.4 Å². The SMILES string of the molecule is CC(C)C1CCC(n2cc(NC3OC3c3cnn4ccc(N5C[C@H]6C[C@@H]5CO6)nc34)c(C(F)F)n2)CC1. The average Bonchev–Trinajstić information content (AvgIpc) is 3.36. The highest BCUT2D eigenvalue weighted by Crippen LogP contribution is 2.43. The molecular formula is C26H33F2N7O2. The number of rotatable bonds is 7. The summed E-state index contributed by atoms with van der Waals surface area (Å²) >= 11 is 0. The van der Waals surface area contributed by atoms with Crippen LogP contribution in [0.4, 0.5) is 20.3 Å². The summed E-state index contributed by atoms with van der Waals surface area (Å²) < 4.78 is 42.9. The first-order valence-electron chi connectivity index (χ1n) is 13.5. The summed E-state index contributed by atoms with van der Waals surface area (Å²) in [4.78, 5) is 7.19. The lowest BCUT2D eigenvalue weighted by atomic mass is 9.80. The lowest BCUT2D eigenvalue weighted by molar-refractivity contribution is 0.0989. The first kappa shape index (κ1) is 23.3. The molecule has 2 bridgehead atoms. The second-order valence-electron chi connectivity index (χ2n) is 11.3. The summed E-state index contributed by atoms with van der Waals surface area (Å²) in [7, 11) is 0. The van der Waals surface area contributed by atoms with E-state index < -0.39 is 12.7 Å². The summed E-state index contributed by atoms with van der Waals surface area (Å²) in [6.45, 7) is 6.10. The van der Waals surface area contributed by atoms with Crippen LogP contribution in [0.1, 0.15) is 75.8 Å². The summed E-state index contributed by atoms with van der Waals surface area (Å²) in [6.07, 6.45) is 7.47. The Kier molecular flexibility index (Phi) is 5.62. The zero-order valence-corrected chi connectivity index (χ0v) is 21.1. The van der Waals surface area contributed by atoms with Crippen molar-refractivity contribution in [3.8, 4) is 0 Å². The molecule has 3 aromatic rings. The number of anilines is 2. The molecule has 6 heterocycles. The summed E-state index contributed by atoms with van der Waals surface area (Å²) in [5, 5.41) is 11.9. The van der Waals surface area contributed by atoms with Crippen LogP contribution in [0.15, 0.2) is 24.7 Å². The first-order valence-corrected chi connectivity index (χ1v) is 13.5. The fourth-order valence-corrected chi connectivity index (χ4v) is 6.43. The number of halogens is 2. The highest BCUT2D eigenvalue weighted by Gasteiger charge is 2.44. The van der Waals surface area contributed by atoms with Crippen LogP contribution in [0, 0.1) is 11.8 Å². The van der Waals surface area contributed by atoms with E-state index in [1.54, 1.807) is 21.6 Å². The lowest BCUT2D eigenvalue weighted by Crippen LogP contribution is -2.37. The van der Waals surface area contributed by atoms with Crippen LogP contribution in [0.2, 0.25) is 0 Å². The number of hydrogen-bond donors (Lipinski definition) is 1. The molecule has 11 heteroatoms. The van der Waals surface area contributed by atoms with Crippen LogP contribution in [0.25, 0.3) is 5.65 Å². The van der Waals surface area contributed by atoms with Crippen molar-refractivity contribution in [3.63, 3.8) is 0 Å². The Hall–Kier alpha value is -2.79. The monoisotopic (exact) mass is 513 g/mol. The minimum atomic E-state index is -2.66. The Morgan fingerprint density at radius 2 is 1.97 bits per heavy atom. The second kappa shape index (κ2) is 8.90. The Morgan fingerprint density at radius 1 is 1.14 bits per heavy atom. The van der Waals surface area contributed by atoms with Gasteiger partial charge in [0.15, 0.2) is 17.6 Å². The van der Waals surface area contributed by atoms with Crippen LogP contribution in [-0.2, 0) is 9.47 Å². The molecule has 3 saturated heterocycles. The number of nitrogens with one attached hydrogen (secondary N) is 1. The van der Waals surface area contributed by atoms with E-state index in [1.807, 2.05) is 12.3 Å². The molecule has 0 radical (unpaired) electrons. The molecule has 0 aromatic carbocycles. The van der Waals surface area contributed by atoms with Crippen LogP contribution >= 0.6 is 0 Å². The van der Waals surface area contributed by atoms with E-state index in [0.29, 0.717) is 23.6 Å². The molecule has 198 valence electrons. The molecule has 37 heavy (non-hydrogen) atoms. The predicted octanol–water partition coefficient (Wildman–Crippen LogP) is 4.74. The van der Waals surface area contributed by atoms with Crippen LogP contribution in [0.5, 0.6) is 0 Å². The third kappa shape index (κ3) is 4.16. The highest BCUT2D eigenvalue weighted by atomic mass is 19.3. The van der Waals surface area contributed by atoms with Gasteiger partial charge in [0.25, 0.3) is 6.43 Å². The molecule has 3 aromatic heterocycles. The molecule has 2 unspecified atom stereocenters. The van der Waals surface area contributed by atoms with Gasteiger partial charge in [0.1, 0.15) is 11.9 Å². The molecule has 3 aliphatic heterocycles. The van der Waals surface area contributed by atoms with Crippen LogP contribution in [-0.4, -0.2) is 55.9 Å². The molecule has 1 N–H and O–H groups in total. The standard InChI is InChI=1S/C26H33F2N7O2/c1-14(2)15-3-5-16(6-4-15)35-12-20(22(32-35)24(27)28)30-26-23(37-26)19-10-29-34-8-7-21(31-25(19)34)33-11-18-9-17(33)13-36-18/h7-8,10,12,14-18,23-24,26,30H,3-6,9,11,13H2,1-2H3/t15?,16?,17-,18-,23?,26?/m1/s1. The molecule has 4 aliphatic rings. The predicted molar refractivity (Wildman–Crippen MR) is 133 cm³/mol. The topological polar surface area (TPSA) is 85.0 Å². The summed E-state index contributed by atoms with van der Waals surface area (Å²) in [5.41, 5.74) is 1.69. The number of nitrogens with zero attached hydrogens (tertiary/aromatic N) is 6. The molecule has 4 atom stereocenters. The van der Waals surface area contributed by atoms with Gasteiger partial charge in [-0.1, -0.05) is 13.8 Å². The zero-order valence-electron chi connectivity index (χ0n) is 21.1. The van der Waals surface area contributed by atoms with Crippen molar-refractivity contribution < 1.29 is 18.3 Å². The van der Waals surface area contributed by atoms with Gasteiger partial charge in [0, 0.05) is 18.9 Å². The van der Waals surface area contributed by atoms with Crippen molar-refractivity contribution in [1.29, 1.82) is 0 Å². The van der Waals surface area contributed by atoms with E-state index in [0.717, 1.165) is 62.3 Å². The number of alkyl halides is 2. The maximum absolute atomic E-state index is 13.9. The molecule has 7 rings (SSSR count). The fourth-order valence-electron chi connectivity index (χ4n) is 6.43. The normalized spacial score (nSPS) is 31.2. The third-order valence-electron chi connectivity index (χ3n) is 8.70. The lowest BCUT2D eigenvalue weighted by Gasteiger charge is -2.30.